The van der Waals surface area contributed by atoms with Gasteiger partial charge in [0.05, 0.1) is 0 Å². The maximum atomic E-state index is 12.3. The van der Waals surface area contributed by atoms with Crippen LogP contribution in [0.15, 0.2) is 24.3 Å². The fraction of sp³-hybridized carbons (Fsp3) is 0.500. The van der Waals surface area contributed by atoms with Crippen molar-refractivity contribution in [2.75, 3.05) is 0 Å². The monoisotopic (exact) mass is 310 g/mol. The third-order valence-electron chi connectivity index (χ3n) is 4.65. The normalized spacial score (nSPS) is 12.7. The molecule has 0 saturated heterocycles. The van der Waals surface area contributed by atoms with Crippen LogP contribution in [0.4, 0.5) is 0 Å². The second kappa shape index (κ2) is 5.78. The number of fused-ring (bicyclic) bond motifs is 1. The van der Waals surface area contributed by atoms with E-state index in [-0.39, 0.29) is 16.6 Å². The number of aryl methyl sites for hydroxylation is 1. The lowest BCUT2D eigenvalue weighted by Crippen LogP contribution is -2.14. The van der Waals surface area contributed by atoms with Gasteiger partial charge in [0.15, 0.2) is 5.78 Å². The van der Waals surface area contributed by atoms with Crippen LogP contribution in [0, 0.1) is 0 Å². The molecule has 0 amide bonds. The number of carbonyl (C=O) groups excluding carboxylic acids is 1. The van der Waals surface area contributed by atoms with Gasteiger partial charge in [0.2, 0.25) is 0 Å². The maximum absolute atomic E-state index is 12.3. The van der Waals surface area contributed by atoms with Gasteiger partial charge in [0.1, 0.15) is 0 Å². The lowest BCUT2D eigenvalue weighted by Gasteiger charge is -2.25. The van der Waals surface area contributed by atoms with Crippen molar-refractivity contribution in [2.45, 2.75) is 72.6 Å². The van der Waals surface area contributed by atoms with Crippen LogP contribution < -0.4 is 0 Å². The lowest BCUT2D eigenvalue weighted by molar-refractivity contribution is 0.101. The van der Waals surface area contributed by atoms with Crippen LogP contribution in [-0.2, 0) is 17.3 Å². The summed E-state index contributed by atoms with van der Waals surface area (Å²) in [5.74, 6) is 0.147. The molecular formula is C22H30O. The van der Waals surface area contributed by atoms with Gasteiger partial charge in [-0.15, -0.1) is 0 Å². The van der Waals surface area contributed by atoms with E-state index in [9.17, 15) is 4.79 Å². The van der Waals surface area contributed by atoms with Crippen molar-refractivity contribution in [3.8, 4) is 0 Å². The first-order valence-corrected chi connectivity index (χ1v) is 8.57. The Morgan fingerprint density at radius 3 is 1.74 bits per heavy atom. The van der Waals surface area contributed by atoms with Crippen molar-refractivity contribution < 1.29 is 4.79 Å². The van der Waals surface area contributed by atoms with Crippen LogP contribution >= 0.6 is 0 Å². The van der Waals surface area contributed by atoms with Crippen LogP contribution in [0.25, 0.3) is 10.8 Å². The summed E-state index contributed by atoms with van der Waals surface area (Å²) in [6.45, 7) is 17.2. The maximum Gasteiger partial charge on any atom is 0.160 e. The highest BCUT2D eigenvalue weighted by Gasteiger charge is 2.21. The van der Waals surface area contributed by atoms with Gasteiger partial charge >= 0.3 is 0 Å². The van der Waals surface area contributed by atoms with Crippen molar-refractivity contribution in [3.05, 3.63) is 46.5 Å². The van der Waals surface area contributed by atoms with Gasteiger partial charge < -0.3 is 0 Å². The summed E-state index contributed by atoms with van der Waals surface area (Å²) in [6.07, 6.45) is 0.978. The first-order chi connectivity index (χ1) is 10.4. The number of rotatable bonds is 2. The predicted molar refractivity (Wildman–Crippen MR) is 101 cm³/mol. The fourth-order valence-corrected chi connectivity index (χ4v) is 2.99. The molecule has 0 aromatic heterocycles. The fourth-order valence-electron chi connectivity index (χ4n) is 2.99. The molecule has 0 N–H and O–H groups in total. The second-order valence-electron chi connectivity index (χ2n) is 8.66. The Morgan fingerprint density at radius 1 is 0.826 bits per heavy atom. The van der Waals surface area contributed by atoms with Crippen LogP contribution in [-0.4, -0.2) is 5.78 Å². The summed E-state index contributed by atoms with van der Waals surface area (Å²) in [6, 6.07) is 8.92. The Balaban J connectivity index is 2.95. The molecule has 0 atom stereocenters. The first-order valence-electron chi connectivity index (χ1n) is 8.57. The van der Waals surface area contributed by atoms with Gasteiger partial charge in [-0.1, -0.05) is 60.6 Å². The van der Waals surface area contributed by atoms with Crippen LogP contribution in [0.1, 0.15) is 82.4 Å². The molecule has 0 spiro atoms. The molecule has 0 aliphatic rings. The van der Waals surface area contributed by atoms with Gasteiger partial charge in [0.25, 0.3) is 0 Å². The molecule has 0 fully saturated rings. The highest BCUT2D eigenvalue weighted by atomic mass is 16.1. The largest absolute Gasteiger partial charge is 0.294 e. The molecule has 0 saturated carbocycles. The molecule has 0 heterocycles. The number of hydrogen-bond acceptors (Lipinski definition) is 1. The standard InChI is InChI=1S/C22H30O/c1-9-15-10-16(21(3,4)5)13-20-18(14(2)23)11-17(12-19(15)20)22(6,7)8/h10-13H,9H2,1-8H3. The Labute approximate surface area is 141 Å². The quantitative estimate of drug-likeness (QED) is 0.603. The van der Waals surface area contributed by atoms with E-state index in [1.165, 1.54) is 22.1 Å². The van der Waals surface area contributed by atoms with E-state index in [1.54, 1.807) is 6.92 Å². The smallest absolute Gasteiger partial charge is 0.160 e. The molecule has 0 aliphatic heterocycles. The number of Topliss-reactive ketones (excluding diaryl/α,β-unsaturated/α-hetero) is 1. The van der Waals surface area contributed by atoms with Gasteiger partial charge in [-0.2, -0.15) is 0 Å². The third kappa shape index (κ3) is 3.49. The Hall–Kier alpha value is -1.63. The number of ketones is 1. The molecule has 2 rings (SSSR count). The zero-order valence-electron chi connectivity index (χ0n) is 15.9. The van der Waals surface area contributed by atoms with E-state index in [1.807, 2.05) is 0 Å². The summed E-state index contributed by atoms with van der Waals surface area (Å²) in [4.78, 5) is 12.3. The molecule has 0 radical (unpaired) electrons. The predicted octanol–water partition coefficient (Wildman–Crippen LogP) is 6.20. The van der Waals surface area contributed by atoms with Gasteiger partial charge in [-0.3, -0.25) is 4.79 Å². The molecule has 124 valence electrons. The van der Waals surface area contributed by atoms with Crippen LogP contribution in [0.2, 0.25) is 0 Å². The SMILES string of the molecule is CCc1cc(C(C)(C)C)cc2c(C(C)=O)cc(C(C)(C)C)cc12. The van der Waals surface area contributed by atoms with Gasteiger partial charge in [-0.05, 0) is 63.8 Å². The molecule has 0 bridgehead atoms. The summed E-state index contributed by atoms with van der Waals surface area (Å²) in [7, 11) is 0. The molecule has 0 aliphatic carbocycles. The summed E-state index contributed by atoms with van der Waals surface area (Å²) < 4.78 is 0. The van der Waals surface area contributed by atoms with E-state index in [2.05, 4.69) is 72.7 Å². The molecule has 2 aromatic carbocycles. The Bertz CT molecular complexity index is 752. The van der Waals surface area contributed by atoms with Crippen LogP contribution in [0.5, 0.6) is 0 Å². The molecule has 23 heavy (non-hydrogen) atoms. The number of carbonyl (C=O) groups is 1. The Kier molecular flexibility index (Phi) is 4.45. The summed E-state index contributed by atoms with van der Waals surface area (Å²) in [5, 5.41) is 2.34. The van der Waals surface area contributed by atoms with Crippen molar-refractivity contribution in [2.24, 2.45) is 0 Å². The minimum atomic E-state index is 0.0338. The Morgan fingerprint density at radius 2 is 1.30 bits per heavy atom. The van der Waals surface area contributed by atoms with Crippen molar-refractivity contribution in [1.82, 2.24) is 0 Å². The average Bonchev–Trinajstić information content (AvgIpc) is 2.42. The van der Waals surface area contributed by atoms with Crippen molar-refractivity contribution in [1.29, 1.82) is 0 Å². The van der Waals surface area contributed by atoms with Gasteiger partial charge in [0, 0.05) is 5.56 Å². The highest BCUT2D eigenvalue weighted by Crippen LogP contribution is 2.35. The van der Waals surface area contributed by atoms with E-state index < -0.39 is 0 Å². The van der Waals surface area contributed by atoms with Crippen LogP contribution in [0.3, 0.4) is 0 Å². The minimum absolute atomic E-state index is 0.0338. The molecular weight excluding hydrogens is 280 g/mol. The molecule has 1 nitrogen and oxygen atoms in total. The number of benzene rings is 2. The summed E-state index contributed by atoms with van der Waals surface area (Å²) >= 11 is 0. The van der Waals surface area contributed by atoms with E-state index in [0.717, 1.165) is 17.4 Å². The molecule has 1 heteroatoms. The summed E-state index contributed by atoms with van der Waals surface area (Å²) in [5.41, 5.74) is 4.83. The lowest BCUT2D eigenvalue weighted by atomic mass is 9.80. The average molecular weight is 310 g/mol. The van der Waals surface area contributed by atoms with E-state index in [0.29, 0.717) is 0 Å². The van der Waals surface area contributed by atoms with E-state index in [4.69, 9.17) is 0 Å². The third-order valence-corrected chi connectivity index (χ3v) is 4.65. The molecule has 2 aromatic rings. The van der Waals surface area contributed by atoms with E-state index >= 15 is 0 Å². The number of hydrogen-bond donors (Lipinski definition) is 0. The van der Waals surface area contributed by atoms with Crippen molar-refractivity contribution in [3.63, 3.8) is 0 Å². The zero-order chi connectivity index (χ0) is 17.6. The minimum Gasteiger partial charge on any atom is -0.294 e. The second-order valence-corrected chi connectivity index (χ2v) is 8.66. The topological polar surface area (TPSA) is 17.1 Å². The highest BCUT2D eigenvalue weighted by molar-refractivity contribution is 6.08. The van der Waals surface area contributed by atoms with Gasteiger partial charge in [-0.25, -0.2) is 0 Å². The first kappa shape index (κ1) is 17.7. The molecule has 0 unspecified atom stereocenters. The van der Waals surface area contributed by atoms with Crippen molar-refractivity contribution >= 4 is 16.6 Å². The zero-order valence-corrected chi connectivity index (χ0v) is 15.9.